The highest BCUT2D eigenvalue weighted by atomic mass is 19.4. The summed E-state index contributed by atoms with van der Waals surface area (Å²) in [6.07, 6.45) is -2.26. The summed E-state index contributed by atoms with van der Waals surface area (Å²) in [5, 5.41) is 0.698. The van der Waals surface area contributed by atoms with E-state index in [4.69, 9.17) is 10.5 Å². The van der Waals surface area contributed by atoms with Gasteiger partial charge in [-0.1, -0.05) is 0 Å². The van der Waals surface area contributed by atoms with Crippen LogP contribution in [0.15, 0.2) is 30.6 Å². The SMILES string of the molecule is CCN(C(=O)c1cnc2nc(N)c3c(c2c1)COC3)[C@@H](C)c1ccc(C(F)(F)F)cn1. The van der Waals surface area contributed by atoms with E-state index in [1.807, 2.05) is 0 Å². The molecule has 3 aromatic heterocycles. The minimum Gasteiger partial charge on any atom is -0.383 e. The average molecular weight is 431 g/mol. The number of carbonyl (C=O) groups is 1. The van der Waals surface area contributed by atoms with Gasteiger partial charge in [0.2, 0.25) is 0 Å². The number of nitrogen functional groups attached to an aromatic ring is 1. The molecule has 0 saturated heterocycles. The van der Waals surface area contributed by atoms with Gasteiger partial charge in [-0.3, -0.25) is 9.78 Å². The second kappa shape index (κ2) is 7.77. The number of aromatic nitrogens is 3. The van der Waals surface area contributed by atoms with Crippen molar-refractivity contribution in [3.05, 3.63) is 58.5 Å². The van der Waals surface area contributed by atoms with Gasteiger partial charge in [0.1, 0.15) is 5.82 Å². The van der Waals surface area contributed by atoms with Crippen LogP contribution in [0.3, 0.4) is 0 Å². The molecule has 0 spiro atoms. The van der Waals surface area contributed by atoms with E-state index in [-0.39, 0.29) is 5.91 Å². The number of alkyl halides is 3. The number of pyridine rings is 3. The van der Waals surface area contributed by atoms with Gasteiger partial charge in [-0.25, -0.2) is 9.97 Å². The first kappa shape index (κ1) is 21.0. The molecule has 1 aliphatic heterocycles. The molecule has 0 aliphatic carbocycles. The van der Waals surface area contributed by atoms with Crippen molar-refractivity contribution in [1.82, 2.24) is 19.9 Å². The van der Waals surface area contributed by atoms with Crippen molar-refractivity contribution in [2.45, 2.75) is 39.3 Å². The van der Waals surface area contributed by atoms with E-state index in [0.717, 1.165) is 23.4 Å². The van der Waals surface area contributed by atoms with Gasteiger partial charge in [0, 0.05) is 29.9 Å². The van der Waals surface area contributed by atoms with E-state index in [0.29, 0.717) is 47.9 Å². The Hall–Kier alpha value is -3.27. The Labute approximate surface area is 176 Å². The number of halogens is 3. The van der Waals surface area contributed by atoms with Crippen LogP contribution < -0.4 is 5.73 Å². The van der Waals surface area contributed by atoms with Crippen molar-refractivity contribution in [2.24, 2.45) is 0 Å². The summed E-state index contributed by atoms with van der Waals surface area (Å²) in [5.74, 6) is 0.0550. The van der Waals surface area contributed by atoms with Gasteiger partial charge in [-0.2, -0.15) is 13.2 Å². The fourth-order valence-corrected chi connectivity index (χ4v) is 3.70. The quantitative estimate of drug-likeness (QED) is 0.674. The highest BCUT2D eigenvalue weighted by molar-refractivity contribution is 5.98. The number of nitrogens with two attached hydrogens (primary N) is 1. The number of anilines is 1. The number of hydrogen-bond donors (Lipinski definition) is 1. The molecule has 1 atom stereocenters. The second-order valence-corrected chi connectivity index (χ2v) is 7.28. The maximum Gasteiger partial charge on any atom is 0.417 e. The normalized spacial score (nSPS) is 14.5. The molecule has 2 N–H and O–H groups in total. The number of hydrogen-bond acceptors (Lipinski definition) is 6. The molecule has 1 aliphatic rings. The van der Waals surface area contributed by atoms with E-state index in [1.165, 1.54) is 17.2 Å². The smallest absolute Gasteiger partial charge is 0.383 e. The molecule has 0 bridgehead atoms. The zero-order valence-electron chi connectivity index (χ0n) is 16.9. The summed E-state index contributed by atoms with van der Waals surface area (Å²) in [5.41, 5.74) is 7.93. The highest BCUT2D eigenvalue weighted by Gasteiger charge is 2.31. The molecule has 4 rings (SSSR count). The van der Waals surface area contributed by atoms with Crippen LogP contribution in [-0.4, -0.2) is 32.3 Å². The predicted octanol–water partition coefficient (Wildman–Crippen LogP) is 3.88. The van der Waals surface area contributed by atoms with Gasteiger partial charge in [0.25, 0.3) is 5.91 Å². The molecule has 1 amide bonds. The second-order valence-electron chi connectivity index (χ2n) is 7.28. The predicted molar refractivity (Wildman–Crippen MR) is 107 cm³/mol. The molecule has 31 heavy (non-hydrogen) atoms. The van der Waals surface area contributed by atoms with Crippen LogP contribution in [0.25, 0.3) is 11.0 Å². The van der Waals surface area contributed by atoms with E-state index in [1.54, 1.807) is 19.9 Å². The first-order chi connectivity index (χ1) is 14.7. The van der Waals surface area contributed by atoms with E-state index in [9.17, 15) is 18.0 Å². The topological polar surface area (TPSA) is 94.2 Å². The summed E-state index contributed by atoms with van der Waals surface area (Å²) in [6, 6.07) is 3.43. The molecular weight excluding hydrogens is 411 g/mol. The van der Waals surface area contributed by atoms with Gasteiger partial charge in [0.15, 0.2) is 5.65 Å². The Kier molecular flexibility index (Phi) is 5.26. The van der Waals surface area contributed by atoms with Crippen LogP contribution >= 0.6 is 0 Å². The monoisotopic (exact) mass is 431 g/mol. The van der Waals surface area contributed by atoms with Crippen molar-refractivity contribution < 1.29 is 22.7 Å². The van der Waals surface area contributed by atoms with Crippen molar-refractivity contribution in [1.29, 1.82) is 0 Å². The molecule has 0 saturated carbocycles. The minimum absolute atomic E-state index is 0.310. The van der Waals surface area contributed by atoms with E-state index >= 15 is 0 Å². The molecule has 7 nitrogen and oxygen atoms in total. The van der Waals surface area contributed by atoms with Crippen LogP contribution in [-0.2, 0) is 24.1 Å². The molecular formula is C21H20F3N5O2. The first-order valence-corrected chi connectivity index (χ1v) is 9.69. The molecule has 0 fully saturated rings. The fraction of sp³-hybridized carbons (Fsp3) is 0.333. The van der Waals surface area contributed by atoms with Gasteiger partial charge >= 0.3 is 6.18 Å². The number of nitrogens with zero attached hydrogens (tertiary/aromatic N) is 4. The van der Waals surface area contributed by atoms with Crippen LogP contribution in [0.5, 0.6) is 0 Å². The number of amides is 1. The molecule has 10 heteroatoms. The molecule has 0 radical (unpaired) electrons. The summed E-state index contributed by atoms with van der Waals surface area (Å²) in [7, 11) is 0. The third-order valence-corrected chi connectivity index (χ3v) is 5.44. The minimum atomic E-state index is -4.47. The van der Waals surface area contributed by atoms with Crippen LogP contribution in [0, 0.1) is 0 Å². The Morgan fingerprint density at radius 1 is 1.23 bits per heavy atom. The summed E-state index contributed by atoms with van der Waals surface area (Å²) >= 11 is 0. The largest absolute Gasteiger partial charge is 0.417 e. The lowest BCUT2D eigenvalue weighted by Crippen LogP contribution is -2.34. The fourth-order valence-electron chi connectivity index (χ4n) is 3.70. The number of ether oxygens (including phenoxy) is 1. The molecule has 162 valence electrons. The van der Waals surface area contributed by atoms with Crippen molar-refractivity contribution in [2.75, 3.05) is 12.3 Å². The van der Waals surface area contributed by atoms with Crippen LogP contribution in [0.2, 0.25) is 0 Å². The standard InChI is InChI=1S/C21H20F3N5O2/c1-3-29(11(2)17-5-4-13(8-26-17)21(22,23)24)20(30)12-6-14-15-9-31-10-16(15)18(25)28-19(14)27-7-12/h4-8,11H,3,9-10H2,1-2H3,(H2,25,27,28)/t11-/m0/s1. The van der Waals surface area contributed by atoms with Gasteiger partial charge in [-0.15, -0.1) is 0 Å². The van der Waals surface area contributed by atoms with Gasteiger partial charge in [0.05, 0.1) is 36.1 Å². The summed E-state index contributed by atoms with van der Waals surface area (Å²) < 4.78 is 43.9. The molecule has 0 unspecified atom stereocenters. The molecule has 0 aromatic carbocycles. The number of carbonyl (C=O) groups excluding carboxylic acids is 1. The lowest BCUT2D eigenvalue weighted by atomic mass is 10.0. The average Bonchev–Trinajstić information content (AvgIpc) is 3.24. The molecule has 4 heterocycles. The number of fused-ring (bicyclic) bond motifs is 3. The van der Waals surface area contributed by atoms with Crippen molar-refractivity contribution >= 4 is 22.8 Å². The van der Waals surface area contributed by atoms with Crippen molar-refractivity contribution in [3.63, 3.8) is 0 Å². The maximum absolute atomic E-state index is 13.2. The zero-order chi connectivity index (χ0) is 22.3. The van der Waals surface area contributed by atoms with E-state index < -0.39 is 17.8 Å². The Balaban J connectivity index is 1.65. The third kappa shape index (κ3) is 3.78. The number of rotatable bonds is 4. The zero-order valence-corrected chi connectivity index (χ0v) is 16.9. The highest BCUT2D eigenvalue weighted by Crippen LogP contribution is 2.32. The Bertz CT molecular complexity index is 1150. The first-order valence-electron chi connectivity index (χ1n) is 9.69. The molecule has 3 aromatic rings. The lowest BCUT2D eigenvalue weighted by Gasteiger charge is -2.28. The Morgan fingerprint density at radius 2 is 1.97 bits per heavy atom. The van der Waals surface area contributed by atoms with Crippen LogP contribution in [0.4, 0.5) is 19.0 Å². The van der Waals surface area contributed by atoms with Crippen LogP contribution in [0.1, 0.15) is 52.6 Å². The maximum atomic E-state index is 13.2. The third-order valence-electron chi connectivity index (χ3n) is 5.44. The lowest BCUT2D eigenvalue weighted by molar-refractivity contribution is -0.137. The van der Waals surface area contributed by atoms with Gasteiger partial charge in [-0.05, 0) is 37.6 Å². The van der Waals surface area contributed by atoms with E-state index in [2.05, 4.69) is 15.0 Å². The summed E-state index contributed by atoms with van der Waals surface area (Å²) in [4.78, 5) is 27.3. The Morgan fingerprint density at radius 3 is 2.61 bits per heavy atom. The van der Waals surface area contributed by atoms with Crippen molar-refractivity contribution in [3.8, 4) is 0 Å². The van der Waals surface area contributed by atoms with Gasteiger partial charge < -0.3 is 15.4 Å². The summed E-state index contributed by atoms with van der Waals surface area (Å²) in [6.45, 7) is 4.57.